The van der Waals surface area contributed by atoms with Gasteiger partial charge in [0.1, 0.15) is 0 Å². The number of piperidine rings is 1. The maximum Gasteiger partial charge on any atom is 0.0995 e. The maximum absolute atomic E-state index is 8.97. The van der Waals surface area contributed by atoms with Gasteiger partial charge in [0.2, 0.25) is 0 Å². The normalized spacial score (nSPS) is 22.0. The van der Waals surface area contributed by atoms with Gasteiger partial charge >= 0.3 is 0 Å². The summed E-state index contributed by atoms with van der Waals surface area (Å²) in [6.07, 6.45) is 7.36. The van der Waals surface area contributed by atoms with E-state index in [1.54, 1.807) is 0 Å². The quantitative estimate of drug-likeness (QED) is 0.903. The molecule has 1 fully saturated rings. The number of halogens is 1. The summed E-state index contributed by atoms with van der Waals surface area (Å²) < 4.78 is 3.01. The monoisotopic (exact) mass is 344 g/mol. The van der Waals surface area contributed by atoms with Crippen molar-refractivity contribution in [2.75, 3.05) is 0 Å². The molecular formula is C16H17BrN4. The number of nitrogens with one attached hydrogen (secondary N) is 1. The number of hydrogen-bond donors (Lipinski definition) is 1. The molecule has 4 nitrogen and oxygen atoms in total. The second kappa shape index (κ2) is 6.00. The van der Waals surface area contributed by atoms with Crippen LogP contribution in [0.4, 0.5) is 0 Å². The van der Waals surface area contributed by atoms with Crippen molar-refractivity contribution >= 4 is 15.9 Å². The number of rotatable bonds is 2. The van der Waals surface area contributed by atoms with Crippen LogP contribution in [0.25, 0.3) is 5.69 Å². The molecule has 1 aromatic heterocycles. The van der Waals surface area contributed by atoms with E-state index in [0.717, 1.165) is 16.6 Å². The van der Waals surface area contributed by atoms with Gasteiger partial charge in [0.05, 0.1) is 35.5 Å². The van der Waals surface area contributed by atoms with E-state index < -0.39 is 0 Å². The van der Waals surface area contributed by atoms with Crippen molar-refractivity contribution in [1.29, 1.82) is 5.26 Å². The van der Waals surface area contributed by atoms with Gasteiger partial charge in [-0.15, -0.1) is 0 Å². The minimum absolute atomic E-state index is 0.332. The minimum Gasteiger partial charge on any atom is -0.306 e. The average molecular weight is 345 g/mol. The Hall–Kier alpha value is -1.64. The molecule has 0 bridgehead atoms. The lowest BCUT2D eigenvalue weighted by Crippen LogP contribution is -2.35. The van der Waals surface area contributed by atoms with E-state index in [-0.39, 0.29) is 0 Å². The summed E-state index contributed by atoms with van der Waals surface area (Å²) >= 11 is 3.56. The summed E-state index contributed by atoms with van der Waals surface area (Å²) in [7, 11) is 0. The van der Waals surface area contributed by atoms with E-state index in [2.05, 4.69) is 43.8 Å². The van der Waals surface area contributed by atoms with Gasteiger partial charge in [-0.1, -0.05) is 0 Å². The third-order valence-corrected chi connectivity index (χ3v) is 4.61. The molecule has 1 saturated heterocycles. The molecule has 2 unspecified atom stereocenters. The van der Waals surface area contributed by atoms with Crippen molar-refractivity contribution in [2.45, 2.75) is 38.3 Å². The summed E-state index contributed by atoms with van der Waals surface area (Å²) in [5, 5.41) is 12.6. The highest BCUT2D eigenvalue weighted by Gasteiger charge is 2.23. The molecule has 1 aliphatic rings. The van der Waals surface area contributed by atoms with Gasteiger partial charge < -0.3 is 9.88 Å². The SMILES string of the molecule is CC1CCCC(c2cncn2-c2ccc(C#N)cc2Br)N1. The lowest BCUT2D eigenvalue weighted by molar-refractivity contribution is 0.334. The highest BCUT2D eigenvalue weighted by atomic mass is 79.9. The van der Waals surface area contributed by atoms with E-state index in [9.17, 15) is 0 Å². The van der Waals surface area contributed by atoms with Crippen molar-refractivity contribution in [3.8, 4) is 11.8 Å². The van der Waals surface area contributed by atoms with Crippen LogP contribution in [-0.2, 0) is 0 Å². The van der Waals surface area contributed by atoms with Crippen LogP contribution in [0.5, 0.6) is 0 Å². The van der Waals surface area contributed by atoms with E-state index in [1.165, 1.54) is 18.5 Å². The van der Waals surface area contributed by atoms with Crippen molar-refractivity contribution < 1.29 is 0 Å². The molecule has 0 amide bonds. The van der Waals surface area contributed by atoms with Gasteiger partial charge in [0.15, 0.2) is 0 Å². The Morgan fingerprint density at radius 3 is 3.00 bits per heavy atom. The Morgan fingerprint density at radius 2 is 2.29 bits per heavy atom. The topological polar surface area (TPSA) is 53.6 Å². The van der Waals surface area contributed by atoms with Crippen LogP contribution in [0.15, 0.2) is 35.2 Å². The highest BCUT2D eigenvalue weighted by Crippen LogP contribution is 2.30. The Bertz CT molecular complexity index is 686. The van der Waals surface area contributed by atoms with E-state index in [4.69, 9.17) is 5.26 Å². The van der Waals surface area contributed by atoms with Crippen molar-refractivity contribution in [3.63, 3.8) is 0 Å². The molecule has 2 aromatic rings. The smallest absolute Gasteiger partial charge is 0.0995 e. The number of benzene rings is 1. The zero-order valence-electron chi connectivity index (χ0n) is 11.9. The molecule has 2 atom stereocenters. The summed E-state index contributed by atoms with van der Waals surface area (Å²) in [5.74, 6) is 0. The fourth-order valence-electron chi connectivity index (χ4n) is 2.91. The molecule has 1 aromatic carbocycles. The minimum atomic E-state index is 0.332. The van der Waals surface area contributed by atoms with Gasteiger partial charge in [0, 0.05) is 16.6 Å². The molecule has 2 heterocycles. The van der Waals surface area contributed by atoms with Crippen molar-refractivity contribution in [2.24, 2.45) is 0 Å². The van der Waals surface area contributed by atoms with E-state index in [0.29, 0.717) is 17.6 Å². The summed E-state index contributed by atoms with van der Waals surface area (Å²) in [6, 6.07) is 8.66. The molecule has 0 saturated carbocycles. The first-order valence-corrected chi connectivity index (χ1v) is 7.96. The Kier molecular flexibility index (Phi) is 4.09. The van der Waals surface area contributed by atoms with Crippen LogP contribution >= 0.6 is 15.9 Å². The predicted molar refractivity (Wildman–Crippen MR) is 85.2 cm³/mol. The van der Waals surface area contributed by atoms with E-state index in [1.807, 2.05) is 30.7 Å². The van der Waals surface area contributed by atoms with Crippen molar-refractivity contribution in [1.82, 2.24) is 14.9 Å². The third kappa shape index (κ3) is 2.87. The molecule has 1 aliphatic heterocycles. The first kappa shape index (κ1) is 14.3. The zero-order chi connectivity index (χ0) is 14.8. The second-order valence-corrected chi connectivity index (χ2v) is 6.37. The lowest BCUT2D eigenvalue weighted by atomic mass is 9.97. The predicted octanol–water partition coefficient (Wildman–Crippen LogP) is 3.71. The van der Waals surface area contributed by atoms with Crippen LogP contribution in [0.2, 0.25) is 0 Å². The first-order valence-electron chi connectivity index (χ1n) is 7.17. The van der Waals surface area contributed by atoms with Crippen LogP contribution in [0.1, 0.15) is 43.5 Å². The van der Waals surface area contributed by atoms with Crippen LogP contribution < -0.4 is 5.32 Å². The summed E-state index contributed by atoms with van der Waals surface area (Å²) in [6.45, 7) is 2.23. The van der Waals surface area contributed by atoms with Crippen molar-refractivity contribution in [3.05, 3.63) is 46.5 Å². The maximum atomic E-state index is 8.97. The Morgan fingerprint density at radius 1 is 1.43 bits per heavy atom. The molecule has 0 spiro atoms. The number of nitrogens with zero attached hydrogens (tertiary/aromatic N) is 3. The zero-order valence-corrected chi connectivity index (χ0v) is 13.5. The summed E-state index contributed by atoms with van der Waals surface area (Å²) in [5.41, 5.74) is 2.84. The Balaban J connectivity index is 1.97. The number of aromatic nitrogens is 2. The van der Waals surface area contributed by atoms with Crippen LogP contribution in [0.3, 0.4) is 0 Å². The molecule has 0 aliphatic carbocycles. The second-order valence-electron chi connectivity index (χ2n) is 5.52. The van der Waals surface area contributed by atoms with Gasteiger partial charge in [-0.2, -0.15) is 5.26 Å². The highest BCUT2D eigenvalue weighted by molar-refractivity contribution is 9.10. The molecule has 3 rings (SSSR count). The molecule has 21 heavy (non-hydrogen) atoms. The van der Waals surface area contributed by atoms with Gasteiger partial charge in [-0.3, -0.25) is 0 Å². The number of imidazole rings is 1. The molecule has 1 N–H and O–H groups in total. The molecule has 108 valence electrons. The standard InChI is InChI=1S/C16H17BrN4/c1-11-3-2-4-14(20-11)16-9-19-10-21(16)15-6-5-12(8-18)7-13(15)17/h5-7,9-11,14,20H,2-4H2,1H3. The molecule has 5 heteroatoms. The van der Waals surface area contributed by atoms with Crippen LogP contribution in [0, 0.1) is 11.3 Å². The van der Waals surface area contributed by atoms with Crippen LogP contribution in [-0.4, -0.2) is 15.6 Å². The third-order valence-electron chi connectivity index (χ3n) is 3.98. The number of hydrogen-bond acceptors (Lipinski definition) is 3. The number of nitriles is 1. The molecular weight excluding hydrogens is 328 g/mol. The fourth-order valence-corrected chi connectivity index (χ4v) is 3.48. The van der Waals surface area contributed by atoms with Gasteiger partial charge in [0.25, 0.3) is 0 Å². The first-order chi connectivity index (χ1) is 10.2. The molecule has 0 radical (unpaired) electrons. The van der Waals surface area contributed by atoms with E-state index >= 15 is 0 Å². The largest absolute Gasteiger partial charge is 0.306 e. The Labute approximate surface area is 132 Å². The lowest BCUT2D eigenvalue weighted by Gasteiger charge is -2.29. The fraction of sp³-hybridized carbons (Fsp3) is 0.375. The van der Waals surface area contributed by atoms with Gasteiger partial charge in [-0.05, 0) is 60.3 Å². The summed E-state index contributed by atoms with van der Waals surface area (Å²) in [4.78, 5) is 4.32. The van der Waals surface area contributed by atoms with Gasteiger partial charge in [-0.25, -0.2) is 4.98 Å². The average Bonchev–Trinajstić information content (AvgIpc) is 2.96.